The predicted octanol–water partition coefficient (Wildman–Crippen LogP) is 3.25. The average molecular weight is 272 g/mol. The van der Waals surface area contributed by atoms with Crippen LogP contribution in [0.2, 0.25) is 0 Å². The van der Waals surface area contributed by atoms with E-state index < -0.39 is 0 Å². The summed E-state index contributed by atoms with van der Waals surface area (Å²) in [6.45, 7) is 9.99. The third-order valence-electron chi connectivity index (χ3n) is 4.15. The number of hydrogen-bond acceptors (Lipinski definition) is 2. The lowest BCUT2D eigenvalue weighted by Crippen LogP contribution is -2.56. The molecule has 0 spiro atoms. The fourth-order valence-electron chi connectivity index (χ4n) is 2.81. The van der Waals surface area contributed by atoms with Crippen molar-refractivity contribution >= 4 is 0 Å². The maximum atomic E-state index is 3.69. The van der Waals surface area contributed by atoms with Crippen LogP contribution in [-0.4, -0.2) is 36.6 Å². The van der Waals surface area contributed by atoms with Crippen LogP contribution in [0.15, 0.2) is 42.0 Å². The summed E-state index contributed by atoms with van der Waals surface area (Å²) in [5.74, 6) is 0. The Hall–Kier alpha value is -1.12. The first-order valence-electron chi connectivity index (χ1n) is 7.83. The van der Waals surface area contributed by atoms with Gasteiger partial charge in [-0.3, -0.25) is 4.90 Å². The summed E-state index contributed by atoms with van der Waals surface area (Å²) in [7, 11) is 0. The van der Waals surface area contributed by atoms with E-state index >= 15 is 0 Å². The lowest BCUT2D eigenvalue weighted by atomic mass is 10.00. The smallest absolute Gasteiger partial charge is 0.0265 e. The van der Waals surface area contributed by atoms with Gasteiger partial charge in [-0.1, -0.05) is 48.9 Å². The third kappa shape index (κ3) is 4.46. The molecule has 0 aromatic heterocycles. The van der Waals surface area contributed by atoms with E-state index in [0.29, 0.717) is 12.1 Å². The molecule has 0 bridgehead atoms. The molecule has 2 nitrogen and oxygen atoms in total. The molecule has 20 heavy (non-hydrogen) atoms. The van der Waals surface area contributed by atoms with Crippen LogP contribution in [0.3, 0.4) is 0 Å². The Balaban J connectivity index is 2.02. The van der Waals surface area contributed by atoms with E-state index in [-0.39, 0.29) is 0 Å². The topological polar surface area (TPSA) is 15.3 Å². The number of allylic oxidation sites excluding steroid dienone is 1. The molecule has 2 unspecified atom stereocenters. The molecule has 1 aromatic carbocycles. The molecule has 0 radical (unpaired) electrons. The van der Waals surface area contributed by atoms with Crippen molar-refractivity contribution in [3.05, 3.63) is 47.5 Å². The molecule has 0 saturated carbocycles. The Bertz CT molecular complexity index is 420. The molecule has 0 aliphatic carbocycles. The van der Waals surface area contributed by atoms with Gasteiger partial charge >= 0.3 is 0 Å². The number of rotatable bonds is 5. The van der Waals surface area contributed by atoms with Gasteiger partial charge in [0.15, 0.2) is 0 Å². The number of nitrogens with zero attached hydrogens (tertiary/aromatic N) is 1. The fraction of sp³-hybridized carbons (Fsp3) is 0.556. The zero-order chi connectivity index (χ0) is 14.4. The first kappa shape index (κ1) is 15.3. The minimum Gasteiger partial charge on any atom is -0.311 e. The normalized spacial score (nSPS) is 23.6. The summed E-state index contributed by atoms with van der Waals surface area (Å²) in [6.07, 6.45) is 4.71. The van der Waals surface area contributed by atoms with Gasteiger partial charge in [-0.25, -0.2) is 0 Å². The average Bonchev–Trinajstić information content (AvgIpc) is 2.47. The number of benzene rings is 1. The molecule has 1 aliphatic heterocycles. The van der Waals surface area contributed by atoms with Crippen LogP contribution in [0.25, 0.3) is 0 Å². The van der Waals surface area contributed by atoms with Crippen LogP contribution < -0.4 is 5.32 Å². The predicted molar refractivity (Wildman–Crippen MR) is 87.0 cm³/mol. The first-order valence-corrected chi connectivity index (χ1v) is 7.83. The molecule has 1 N–H and O–H groups in total. The highest BCUT2D eigenvalue weighted by Crippen LogP contribution is 2.14. The maximum absolute atomic E-state index is 3.69. The summed E-state index contributed by atoms with van der Waals surface area (Å²) in [5, 5.41) is 3.69. The minimum absolute atomic E-state index is 0.607. The fourth-order valence-corrected chi connectivity index (χ4v) is 2.81. The minimum atomic E-state index is 0.607. The molecule has 110 valence electrons. The zero-order valence-corrected chi connectivity index (χ0v) is 13.1. The molecule has 1 aliphatic rings. The van der Waals surface area contributed by atoms with Gasteiger partial charge in [0.1, 0.15) is 0 Å². The maximum Gasteiger partial charge on any atom is 0.0265 e. The molecule has 1 saturated heterocycles. The van der Waals surface area contributed by atoms with Crippen molar-refractivity contribution in [2.75, 3.05) is 19.6 Å². The molecule has 2 rings (SSSR count). The SMILES string of the molecule is CCC1CN(CC=C(C)C)C(Cc2ccccc2)CN1. The van der Waals surface area contributed by atoms with Crippen molar-refractivity contribution in [3.63, 3.8) is 0 Å². The highest BCUT2D eigenvalue weighted by atomic mass is 15.2. The third-order valence-corrected chi connectivity index (χ3v) is 4.15. The van der Waals surface area contributed by atoms with Crippen molar-refractivity contribution in [3.8, 4) is 0 Å². The molecular formula is C18H28N2. The van der Waals surface area contributed by atoms with Crippen molar-refractivity contribution < 1.29 is 0 Å². The van der Waals surface area contributed by atoms with Crippen LogP contribution in [0.5, 0.6) is 0 Å². The molecule has 1 fully saturated rings. The second-order valence-corrected chi connectivity index (χ2v) is 6.09. The summed E-state index contributed by atoms with van der Waals surface area (Å²) >= 11 is 0. The van der Waals surface area contributed by atoms with E-state index in [1.807, 2.05) is 0 Å². The highest BCUT2D eigenvalue weighted by molar-refractivity contribution is 5.16. The Kier molecular flexibility index (Phi) is 5.81. The van der Waals surface area contributed by atoms with E-state index in [1.165, 1.54) is 17.6 Å². The van der Waals surface area contributed by atoms with Crippen LogP contribution in [0.1, 0.15) is 32.8 Å². The number of piperazine rings is 1. The Morgan fingerprint density at radius 1 is 1.30 bits per heavy atom. The van der Waals surface area contributed by atoms with E-state index in [2.05, 4.69) is 67.4 Å². The van der Waals surface area contributed by atoms with Gasteiger partial charge in [0, 0.05) is 31.7 Å². The van der Waals surface area contributed by atoms with Crippen molar-refractivity contribution in [2.45, 2.75) is 45.7 Å². The van der Waals surface area contributed by atoms with Gasteiger partial charge in [-0.15, -0.1) is 0 Å². The summed E-state index contributed by atoms with van der Waals surface area (Å²) in [5.41, 5.74) is 2.85. The van der Waals surface area contributed by atoms with Crippen LogP contribution >= 0.6 is 0 Å². The first-order chi connectivity index (χ1) is 9.69. The lowest BCUT2D eigenvalue weighted by Gasteiger charge is -2.40. The van der Waals surface area contributed by atoms with E-state index in [1.54, 1.807) is 0 Å². The molecule has 2 heteroatoms. The quantitative estimate of drug-likeness (QED) is 0.828. The van der Waals surface area contributed by atoms with Crippen molar-refractivity contribution in [1.82, 2.24) is 10.2 Å². The van der Waals surface area contributed by atoms with Crippen LogP contribution in [0.4, 0.5) is 0 Å². The van der Waals surface area contributed by atoms with Gasteiger partial charge < -0.3 is 5.32 Å². The van der Waals surface area contributed by atoms with Crippen LogP contribution in [0, 0.1) is 0 Å². The molecular weight excluding hydrogens is 244 g/mol. The van der Waals surface area contributed by atoms with Crippen LogP contribution in [-0.2, 0) is 6.42 Å². The van der Waals surface area contributed by atoms with Gasteiger partial charge in [0.2, 0.25) is 0 Å². The van der Waals surface area contributed by atoms with Gasteiger partial charge in [-0.2, -0.15) is 0 Å². The molecule has 2 atom stereocenters. The number of nitrogens with one attached hydrogen (secondary N) is 1. The largest absolute Gasteiger partial charge is 0.311 e. The number of hydrogen-bond donors (Lipinski definition) is 1. The lowest BCUT2D eigenvalue weighted by molar-refractivity contribution is 0.142. The summed E-state index contributed by atoms with van der Waals surface area (Å²) in [4.78, 5) is 2.64. The second kappa shape index (κ2) is 7.61. The van der Waals surface area contributed by atoms with Crippen molar-refractivity contribution in [2.24, 2.45) is 0 Å². The summed E-state index contributed by atoms with van der Waals surface area (Å²) in [6, 6.07) is 12.1. The Morgan fingerprint density at radius 3 is 2.70 bits per heavy atom. The van der Waals surface area contributed by atoms with Gasteiger partial charge in [-0.05, 0) is 32.3 Å². The highest BCUT2D eigenvalue weighted by Gasteiger charge is 2.26. The van der Waals surface area contributed by atoms with E-state index in [9.17, 15) is 0 Å². The van der Waals surface area contributed by atoms with Gasteiger partial charge in [0.05, 0.1) is 0 Å². The molecule has 0 amide bonds. The zero-order valence-electron chi connectivity index (χ0n) is 13.1. The standard InChI is InChI=1S/C18H28N2/c1-4-17-14-20(11-10-15(2)3)18(13-19-17)12-16-8-6-5-7-9-16/h5-10,17-19H,4,11-14H2,1-3H3. The molecule has 1 heterocycles. The second-order valence-electron chi connectivity index (χ2n) is 6.09. The van der Waals surface area contributed by atoms with E-state index in [0.717, 1.165) is 26.1 Å². The van der Waals surface area contributed by atoms with Gasteiger partial charge in [0.25, 0.3) is 0 Å². The Labute approximate surface area is 123 Å². The van der Waals surface area contributed by atoms with Crippen molar-refractivity contribution in [1.29, 1.82) is 0 Å². The molecule has 1 aromatic rings. The van der Waals surface area contributed by atoms with E-state index in [4.69, 9.17) is 0 Å². The summed E-state index contributed by atoms with van der Waals surface area (Å²) < 4.78 is 0. The monoisotopic (exact) mass is 272 g/mol. The Morgan fingerprint density at radius 2 is 2.05 bits per heavy atom.